The molecule has 2 aliphatic heterocycles. The Morgan fingerprint density at radius 1 is 1.29 bits per heavy atom. The van der Waals surface area contributed by atoms with Gasteiger partial charge in [0.1, 0.15) is 0 Å². The summed E-state index contributed by atoms with van der Waals surface area (Å²) in [6.45, 7) is 8.50. The van der Waals surface area contributed by atoms with E-state index >= 15 is 0 Å². The summed E-state index contributed by atoms with van der Waals surface area (Å²) in [6, 6.07) is 1.56. The molecule has 0 aromatic carbocycles. The van der Waals surface area contributed by atoms with Crippen molar-refractivity contribution in [3.63, 3.8) is 0 Å². The molecule has 3 heterocycles. The van der Waals surface area contributed by atoms with E-state index < -0.39 is 0 Å². The number of hydrogen-bond acceptors (Lipinski definition) is 5. The molecule has 0 radical (unpaired) electrons. The van der Waals surface area contributed by atoms with Gasteiger partial charge in [0.05, 0.1) is 17.8 Å². The second-order valence-corrected chi connectivity index (χ2v) is 6.76. The molecule has 0 spiro atoms. The Morgan fingerprint density at radius 3 is 2.79 bits per heavy atom. The fourth-order valence-corrected chi connectivity index (χ4v) is 3.72. The predicted octanol–water partition coefficient (Wildman–Crippen LogP) is 0.541. The van der Waals surface area contributed by atoms with Crippen LogP contribution in [0.5, 0.6) is 0 Å². The molecule has 1 amide bonds. The van der Waals surface area contributed by atoms with Crippen LogP contribution >= 0.6 is 0 Å². The van der Waals surface area contributed by atoms with Gasteiger partial charge in [-0.1, -0.05) is 6.92 Å². The third kappa shape index (κ3) is 3.95. The van der Waals surface area contributed by atoms with Crippen molar-refractivity contribution in [1.82, 2.24) is 20.0 Å². The zero-order chi connectivity index (χ0) is 16.9. The van der Waals surface area contributed by atoms with E-state index in [1.165, 1.54) is 0 Å². The lowest BCUT2D eigenvalue weighted by atomic mass is 9.96. The topological polar surface area (TPSA) is 72.5 Å². The Labute approximate surface area is 142 Å². The third-order valence-corrected chi connectivity index (χ3v) is 5.01. The number of anilines is 1. The summed E-state index contributed by atoms with van der Waals surface area (Å²) in [5, 5.41) is 6.26. The standard InChI is InChI=1S/C17H27N5O2/c1-2-5-20-7-9-21(10-8-20)17(24)14-4-3-6-22(13-14)15-11-16(23)19-18-12-15/h11-12,14H,2-10,13H2,1H3,(H,19,23)/t14-/m1/s1. The van der Waals surface area contributed by atoms with Gasteiger partial charge in [-0.2, -0.15) is 5.10 Å². The molecular formula is C17H27N5O2. The number of H-pyrrole nitrogens is 1. The average Bonchev–Trinajstić information content (AvgIpc) is 2.62. The van der Waals surface area contributed by atoms with Crippen LogP contribution in [-0.4, -0.2) is 71.7 Å². The highest BCUT2D eigenvalue weighted by Crippen LogP contribution is 2.23. The van der Waals surface area contributed by atoms with Crippen LogP contribution < -0.4 is 10.5 Å². The van der Waals surface area contributed by atoms with Gasteiger partial charge < -0.3 is 9.80 Å². The number of carbonyl (C=O) groups is 1. The van der Waals surface area contributed by atoms with E-state index in [4.69, 9.17) is 0 Å². The Kier molecular flexibility index (Phi) is 5.50. The van der Waals surface area contributed by atoms with Crippen molar-refractivity contribution >= 4 is 11.6 Å². The summed E-state index contributed by atoms with van der Waals surface area (Å²) in [6.07, 6.45) is 4.73. The fraction of sp³-hybridized carbons (Fsp3) is 0.706. The molecule has 3 rings (SSSR count). The van der Waals surface area contributed by atoms with Crippen molar-refractivity contribution in [2.45, 2.75) is 26.2 Å². The van der Waals surface area contributed by atoms with Gasteiger partial charge in [0.25, 0.3) is 5.56 Å². The third-order valence-electron chi connectivity index (χ3n) is 5.01. The summed E-state index contributed by atoms with van der Waals surface area (Å²) >= 11 is 0. The first kappa shape index (κ1) is 17.0. The quantitative estimate of drug-likeness (QED) is 0.871. The highest BCUT2D eigenvalue weighted by atomic mass is 16.2. The van der Waals surface area contributed by atoms with Gasteiger partial charge in [-0.05, 0) is 25.8 Å². The molecule has 0 unspecified atom stereocenters. The molecule has 7 nitrogen and oxygen atoms in total. The van der Waals surface area contributed by atoms with Gasteiger partial charge in [-0.3, -0.25) is 14.5 Å². The lowest BCUT2D eigenvalue weighted by molar-refractivity contribution is -0.137. The first-order valence-electron chi connectivity index (χ1n) is 8.98. The molecule has 1 aromatic heterocycles. The van der Waals surface area contributed by atoms with Gasteiger partial charge in [0.15, 0.2) is 0 Å². The summed E-state index contributed by atoms with van der Waals surface area (Å²) in [5.74, 6) is 0.296. The molecule has 2 fully saturated rings. The van der Waals surface area contributed by atoms with Crippen LogP contribution in [0.25, 0.3) is 0 Å². The average molecular weight is 333 g/mol. The van der Waals surface area contributed by atoms with Crippen LogP contribution in [0.3, 0.4) is 0 Å². The molecule has 7 heteroatoms. The summed E-state index contributed by atoms with van der Waals surface area (Å²) in [7, 11) is 0. The van der Waals surface area contributed by atoms with E-state index in [0.29, 0.717) is 6.54 Å². The van der Waals surface area contributed by atoms with E-state index in [0.717, 1.165) is 64.2 Å². The van der Waals surface area contributed by atoms with E-state index in [1.807, 2.05) is 4.90 Å². The maximum absolute atomic E-state index is 12.9. The minimum atomic E-state index is -0.201. The van der Waals surface area contributed by atoms with Crippen molar-refractivity contribution in [2.24, 2.45) is 5.92 Å². The van der Waals surface area contributed by atoms with Crippen LogP contribution in [0, 0.1) is 5.92 Å². The van der Waals surface area contributed by atoms with Crippen LogP contribution in [0.15, 0.2) is 17.1 Å². The van der Waals surface area contributed by atoms with Crippen LogP contribution in [0.2, 0.25) is 0 Å². The maximum atomic E-state index is 12.9. The summed E-state index contributed by atoms with van der Waals surface area (Å²) in [4.78, 5) is 30.9. The van der Waals surface area contributed by atoms with Crippen molar-refractivity contribution in [3.8, 4) is 0 Å². The smallest absolute Gasteiger partial charge is 0.266 e. The molecule has 0 saturated carbocycles. The molecule has 132 valence electrons. The second kappa shape index (κ2) is 7.79. The number of piperazine rings is 1. The van der Waals surface area contributed by atoms with Crippen molar-refractivity contribution in [3.05, 3.63) is 22.6 Å². The van der Waals surface area contributed by atoms with E-state index in [2.05, 4.69) is 26.9 Å². The Balaban J connectivity index is 1.58. The number of nitrogens with zero attached hydrogens (tertiary/aromatic N) is 4. The summed E-state index contributed by atoms with van der Waals surface area (Å²) in [5.41, 5.74) is 0.608. The largest absolute Gasteiger partial charge is 0.369 e. The molecule has 1 aromatic rings. The SMILES string of the molecule is CCCN1CCN(C(=O)[C@@H]2CCCN(c3cn[nH]c(=O)c3)C2)CC1. The highest BCUT2D eigenvalue weighted by Gasteiger charge is 2.31. The van der Waals surface area contributed by atoms with Gasteiger partial charge in [-0.25, -0.2) is 5.10 Å². The second-order valence-electron chi connectivity index (χ2n) is 6.76. The maximum Gasteiger partial charge on any atom is 0.266 e. The number of hydrogen-bond donors (Lipinski definition) is 1. The molecule has 0 bridgehead atoms. The van der Waals surface area contributed by atoms with Gasteiger partial charge in [0, 0.05) is 45.3 Å². The number of nitrogens with one attached hydrogen (secondary N) is 1. The minimum absolute atomic E-state index is 0.0239. The number of aromatic nitrogens is 2. The number of carbonyl (C=O) groups excluding carboxylic acids is 1. The van der Waals surface area contributed by atoms with E-state index in [-0.39, 0.29) is 17.4 Å². The van der Waals surface area contributed by atoms with Crippen molar-refractivity contribution in [1.29, 1.82) is 0 Å². The lowest BCUT2D eigenvalue weighted by Crippen LogP contribution is -2.52. The number of aromatic amines is 1. The van der Waals surface area contributed by atoms with Gasteiger partial charge >= 0.3 is 0 Å². The fourth-order valence-electron chi connectivity index (χ4n) is 3.72. The Hall–Kier alpha value is -1.89. The van der Waals surface area contributed by atoms with Crippen LogP contribution in [-0.2, 0) is 4.79 Å². The van der Waals surface area contributed by atoms with Gasteiger partial charge in [-0.15, -0.1) is 0 Å². The normalized spacial score (nSPS) is 22.6. The molecule has 1 N–H and O–H groups in total. The first-order chi connectivity index (χ1) is 11.7. The molecule has 2 saturated heterocycles. The minimum Gasteiger partial charge on any atom is -0.369 e. The lowest BCUT2D eigenvalue weighted by Gasteiger charge is -2.39. The molecule has 2 aliphatic rings. The predicted molar refractivity (Wildman–Crippen MR) is 93.1 cm³/mol. The summed E-state index contributed by atoms with van der Waals surface area (Å²) < 4.78 is 0. The molecule has 0 aliphatic carbocycles. The zero-order valence-electron chi connectivity index (χ0n) is 14.4. The number of rotatable bonds is 4. The number of amides is 1. The Morgan fingerprint density at radius 2 is 2.08 bits per heavy atom. The molecule has 24 heavy (non-hydrogen) atoms. The van der Waals surface area contributed by atoms with Gasteiger partial charge in [0.2, 0.25) is 5.91 Å². The number of piperidine rings is 1. The van der Waals surface area contributed by atoms with E-state index in [9.17, 15) is 9.59 Å². The highest BCUT2D eigenvalue weighted by molar-refractivity contribution is 5.80. The molecular weight excluding hydrogens is 306 g/mol. The Bertz CT molecular complexity index is 609. The van der Waals surface area contributed by atoms with Crippen molar-refractivity contribution in [2.75, 3.05) is 50.7 Å². The van der Waals surface area contributed by atoms with E-state index in [1.54, 1.807) is 12.3 Å². The first-order valence-corrected chi connectivity index (χ1v) is 8.98. The van der Waals surface area contributed by atoms with Crippen molar-refractivity contribution < 1.29 is 4.79 Å². The van der Waals surface area contributed by atoms with Crippen LogP contribution in [0.1, 0.15) is 26.2 Å². The van der Waals surface area contributed by atoms with Crippen LogP contribution in [0.4, 0.5) is 5.69 Å². The molecule has 1 atom stereocenters. The monoisotopic (exact) mass is 333 g/mol. The zero-order valence-corrected chi connectivity index (χ0v) is 14.4.